The molecule has 0 bridgehead atoms. The molecule has 0 aliphatic rings. The average Bonchev–Trinajstić information content (AvgIpc) is 3.14. The molecule has 0 saturated carbocycles. The minimum absolute atomic E-state index is 0. The van der Waals surface area contributed by atoms with E-state index in [2.05, 4.69) is 22.4 Å². The Balaban J connectivity index is 0.00000420. The fourth-order valence-corrected chi connectivity index (χ4v) is 2.82. The summed E-state index contributed by atoms with van der Waals surface area (Å²) in [6, 6.07) is 6.64. The molecule has 9 heteroatoms. The maximum atomic E-state index is 13.5. The second kappa shape index (κ2) is 14.3. The second-order valence-corrected chi connectivity index (χ2v) is 6.46. The number of hydrogen-bond acceptors (Lipinski definition) is 4. The van der Waals surface area contributed by atoms with Crippen molar-refractivity contribution in [1.82, 2.24) is 25.0 Å². The van der Waals surface area contributed by atoms with E-state index in [-0.39, 0.29) is 29.8 Å². The molecule has 2 rings (SSSR count). The summed E-state index contributed by atoms with van der Waals surface area (Å²) in [7, 11) is 1.95. The van der Waals surface area contributed by atoms with Gasteiger partial charge in [-0.05, 0) is 31.0 Å². The van der Waals surface area contributed by atoms with Gasteiger partial charge in [-0.15, -0.1) is 34.2 Å². The summed E-state index contributed by atoms with van der Waals surface area (Å²) in [6.45, 7) is 8.15. The zero-order chi connectivity index (χ0) is 20.2. The van der Waals surface area contributed by atoms with Crippen molar-refractivity contribution in [3.63, 3.8) is 0 Å². The number of hydrogen-bond donors (Lipinski definition) is 1. The van der Waals surface area contributed by atoms with E-state index in [0.29, 0.717) is 32.8 Å². The molecular weight excluding hydrogens is 486 g/mol. The van der Waals surface area contributed by atoms with Gasteiger partial charge in [0.2, 0.25) is 0 Å². The number of aromatic nitrogens is 3. The third-order valence-corrected chi connectivity index (χ3v) is 4.23. The highest BCUT2D eigenvalue weighted by Gasteiger charge is 2.09. The Bertz CT molecular complexity index is 739. The monoisotopic (exact) mass is 518 g/mol. The SMILES string of the molecule is CCOCCCN=C(NCCn1cnnc1CC)N(C)Cc1cccc(F)c1.I. The predicted octanol–water partition coefficient (Wildman–Crippen LogP) is 3.10. The fraction of sp³-hybridized carbons (Fsp3) is 0.550. The Morgan fingerprint density at radius 3 is 2.90 bits per heavy atom. The molecule has 1 aromatic carbocycles. The number of aliphatic imine (C=N–C) groups is 1. The van der Waals surface area contributed by atoms with Crippen LogP contribution in [0.4, 0.5) is 4.39 Å². The van der Waals surface area contributed by atoms with Crippen molar-refractivity contribution in [2.24, 2.45) is 4.99 Å². The third-order valence-electron chi connectivity index (χ3n) is 4.23. The summed E-state index contributed by atoms with van der Waals surface area (Å²) in [6.07, 6.45) is 3.45. The number of guanidine groups is 1. The Kier molecular flexibility index (Phi) is 12.4. The molecule has 0 fully saturated rings. The summed E-state index contributed by atoms with van der Waals surface area (Å²) < 4.78 is 20.9. The highest BCUT2D eigenvalue weighted by atomic mass is 127. The Hall–Kier alpha value is -1.75. The third kappa shape index (κ3) is 9.07. The van der Waals surface area contributed by atoms with Crippen LogP contribution in [0.5, 0.6) is 0 Å². The molecule has 0 aliphatic heterocycles. The Labute approximate surface area is 189 Å². The maximum absolute atomic E-state index is 13.5. The van der Waals surface area contributed by atoms with Crippen molar-refractivity contribution in [3.05, 3.63) is 47.8 Å². The lowest BCUT2D eigenvalue weighted by Gasteiger charge is -2.23. The molecule has 0 amide bonds. The molecular formula is C20H32FIN6O. The first-order valence-corrected chi connectivity index (χ1v) is 9.82. The van der Waals surface area contributed by atoms with Crippen LogP contribution in [0.15, 0.2) is 35.6 Å². The van der Waals surface area contributed by atoms with E-state index < -0.39 is 0 Å². The van der Waals surface area contributed by atoms with Gasteiger partial charge in [0, 0.05) is 52.9 Å². The second-order valence-electron chi connectivity index (χ2n) is 6.46. The Morgan fingerprint density at radius 1 is 1.34 bits per heavy atom. The van der Waals surface area contributed by atoms with E-state index in [4.69, 9.17) is 9.73 Å². The molecule has 0 aliphatic carbocycles. The number of nitrogens with zero attached hydrogens (tertiary/aromatic N) is 5. The molecule has 162 valence electrons. The molecule has 1 heterocycles. The number of ether oxygens (including phenoxy) is 1. The van der Waals surface area contributed by atoms with E-state index in [1.807, 2.05) is 29.5 Å². The zero-order valence-corrected chi connectivity index (χ0v) is 19.8. The fourth-order valence-electron chi connectivity index (χ4n) is 2.82. The van der Waals surface area contributed by atoms with E-state index >= 15 is 0 Å². The molecule has 29 heavy (non-hydrogen) atoms. The number of halogens is 2. The first-order chi connectivity index (χ1) is 13.6. The van der Waals surface area contributed by atoms with Crippen molar-refractivity contribution < 1.29 is 9.13 Å². The lowest BCUT2D eigenvalue weighted by atomic mass is 10.2. The maximum Gasteiger partial charge on any atom is 0.194 e. The van der Waals surface area contributed by atoms with E-state index in [1.54, 1.807) is 18.5 Å². The van der Waals surface area contributed by atoms with Gasteiger partial charge in [0.05, 0.1) is 0 Å². The minimum atomic E-state index is -0.228. The molecule has 7 nitrogen and oxygen atoms in total. The summed E-state index contributed by atoms with van der Waals surface area (Å²) in [5, 5.41) is 11.5. The predicted molar refractivity (Wildman–Crippen MR) is 124 cm³/mol. The van der Waals surface area contributed by atoms with Crippen LogP contribution in [0.1, 0.15) is 31.7 Å². The highest BCUT2D eigenvalue weighted by Crippen LogP contribution is 2.06. The van der Waals surface area contributed by atoms with Gasteiger partial charge in [-0.2, -0.15) is 0 Å². The van der Waals surface area contributed by atoms with Crippen LogP contribution in [0.3, 0.4) is 0 Å². The van der Waals surface area contributed by atoms with Crippen LogP contribution < -0.4 is 5.32 Å². The summed E-state index contributed by atoms with van der Waals surface area (Å²) in [5.41, 5.74) is 0.901. The van der Waals surface area contributed by atoms with E-state index in [0.717, 1.165) is 36.7 Å². The molecule has 0 spiro atoms. The molecule has 1 aromatic heterocycles. The van der Waals surface area contributed by atoms with E-state index in [1.165, 1.54) is 6.07 Å². The molecule has 1 N–H and O–H groups in total. The number of nitrogens with one attached hydrogen (secondary N) is 1. The van der Waals surface area contributed by atoms with Crippen LogP contribution in [0, 0.1) is 5.82 Å². The Morgan fingerprint density at radius 2 is 2.17 bits per heavy atom. The highest BCUT2D eigenvalue weighted by molar-refractivity contribution is 14.0. The first kappa shape index (κ1) is 25.3. The minimum Gasteiger partial charge on any atom is -0.382 e. The zero-order valence-electron chi connectivity index (χ0n) is 17.5. The largest absolute Gasteiger partial charge is 0.382 e. The summed E-state index contributed by atoms with van der Waals surface area (Å²) in [5.74, 6) is 1.52. The van der Waals surface area contributed by atoms with Gasteiger partial charge in [-0.25, -0.2) is 4.39 Å². The molecule has 0 atom stereocenters. The molecule has 0 radical (unpaired) electrons. The van der Waals surface area contributed by atoms with Crippen molar-refractivity contribution in [3.8, 4) is 0 Å². The van der Waals surface area contributed by atoms with Crippen molar-refractivity contribution in [2.75, 3.05) is 33.4 Å². The van der Waals surface area contributed by atoms with Crippen molar-refractivity contribution in [1.29, 1.82) is 0 Å². The normalized spacial score (nSPS) is 11.2. The topological polar surface area (TPSA) is 67.6 Å². The first-order valence-electron chi connectivity index (χ1n) is 9.82. The summed E-state index contributed by atoms with van der Waals surface area (Å²) >= 11 is 0. The van der Waals surface area contributed by atoms with Gasteiger partial charge in [0.25, 0.3) is 0 Å². The molecule has 2 aromatic rings. The van der Waals surface area contributed by atoms with Gasteiger partial charge >= 0.3 is 0 Å². The average molecular weight is 518 g/mol. The van der Waals surface area contributed by atoms with Crippen molar-refractivity contribution in [2.45, 2.75) is 39.8 Å². The van der Waals surface area contributed by atoms with Gasteiger partial charge in [-0.1, -0.05) is 19.1 Å². The summed E-state index contributed by atoms with van der Waals surface area (Å²) in [4.78, 5) is 6.70. The van der Waals surface area contributed by atoms with Crippen LogP contribution in [0.25, 0.3) is 0 Å². The molecule has 0 saturated heterocycles. The number of rotatable bonds is 11. The van der Waals surface area contributed by atoms with Crippen LogP contribution in [0.2, 0.25) is 0 Å². The quantitative estimate of drug-likeness (QED) is 0.214. The lowest BCUT2D eigenvalue weighted by Crippen LogP contribution is -2.40. The van der Waals surface area contributed by atoms with Crippen LogP contribution in [-0.4, -0.2) is 59.0 Å². The van der Waals surface area contributed by atoms with Gasteiger partial charge in [0.1, 0.15) is 18.0 Å². The van der Waals surface area contributed by atoms with Crippen molar-refractivity contribution >= 4 is 29.9 Å². The number of benzene rings is 1. The molecule has 0 unspecified atom stereocenters. The smallest absolute Gasteiger partial charge is 0.194 e. The van der Waals surface area contributed by atoms with E-state index in [9.17, 15) is 4.39 Å². The van der Waals surface area contributed by atoms with Gasteiger partial charge < -0.3 is 19.5 Å². The van der Waals surface area contributed by atoms with Gasteiger partial charge in [0.15, 0.2) is 5.96 Å². The van der Waals surface area contributed by atoms with Crippen LogP contribution >= 0.6 is 24.0 Å². The lowest BCUT2D eigenvalue weighted by molar-refractivity contribution is 0.146. The number of aryl methyl sites for hydroxylation is 1. The van der Waals surface area contributed by atoms with Gasteiger partial charge in [-0.3, -0.25) is 4.99 Å². The standard InChI is InChI=1S/C20H31FN6O.HI/c1-4-19-25-24-16-27(19)12-11-23-20(22-10-7-13-28-5-2)26(3)15-17-8-6-9-18(21)14-17;/h6,8-9,14,16H,4-5,7,10-13,15H2,1-3H3,(H,22,23);1H. The van der Waals surface area contributed by atoms with Crippen LogP contribution in [-0.2, 0) is 24.2 Å².